The highest BCUT2D eigenvalue weighted by Crippen LogP contribution is 2.23. The number of piperidine rings is 1. The quantitative estimate of drug-likeness (QED) is 0.511. The number of halogens is 2. The Balaban J connectivity index is 1.37. The molecule has 0 saturated carbocycles. The second-order valence-electron chi connectivity index (χ2n) is 7.53. The van der Waals surface area contributed by atoms with Crippen LogP contribution in [0.1, 0.15) is 24.0 Å². The van der Waals surface area contributed by atoms with Crippen LogP contribution in [-0.2, 0) is 26.3 Å². The molecule has 168 valence electrons. The van der Waals surface area contributed by atoms with Crippen molar-refractivity contribution in [1.29, 1.82) is 0 Å². The summed E-state index contributed by atoms with van der Waals surface area (Å²) < 4.78 is 26.9. The summed E-state index contributed by atoms with van der Waals surface area (Å²) in [4.78, 5) is 12.4. The van der Waals surface area contributed by atoms with E-state index in [1.165, 1.54) is 4.31 Å². The number of hydrogen-bond acceptors (Lipinski definition) is 4. The Morgan fingerprint density at radius 2 is 1.65 bits per heavy atom. The van der Waals surface area contributed by atoms with Gasteiger partial charge < -0.3 is 5.32 Å². The zero-order valence-corrected chi connectivity index (χ0v) is 20.2. The van der Waals surface area contributed by atoms with Crippen molar-refractivity contribution < 1.29 is 13.2 Å². The molecule has 0 aromatic heterocycles. The second kappa shape index (κ2) is 11.6. The molecule has 0 radical (unpaired) electrons. The molecule has 2 aromatic carbocycles. The smallest absolute Gasteiger partial charge is 0.223 e. The number of rotatable bonds is 9. The Morgan fingerprint density at radius 3 is 2.29 bits per heavy atom. The number of carbonyl (C=O) groups excluding carboxylic acids is 1. The van der Waals surface area contributed by atoms with Gasteiger partial charge in [-0.1, -0.05) is 47.5 Å². The van der Waals surface area contributed by atoms with Gasteiger partial charge in [-0.15, -0.1) is 0 Å². The minimum atomic E-state index is -3.43. The van der Waals surface area contributed by atoms with E-state index >= 15 is 0 Å². The van der Waals surface area contributed by atoms with Gasteiger partial charge in [-0.2, -0.15) is 11.8 Å². The molecule has 31 heavy (non-hydrogen) atoms. The lowest BCUT2D eigenvalue weighted by Gasteiger charge is -2.30. The lowest BCUT2D eigenvalue weighted by molar-refractivity contribution is -0.125. The molecule has 1 amide bonds. The third-order valence-electron chi connectivity index (χ3n) is 5.16. The minimum absolute atomic E-state index is 0.00949. The molecule has 2 aromatic rings. The van der Waals surface area contributed by atoms with Crippen LogP contribution in [0.2, 0.25) is 10.0 Å². The highest BCUT2D eigenvalue weighted by molar-refractivity contribution is 7.98. The average molecular weight is 502 g/mol. The number of amides is 1. The summed E-state index contributed by atoms with van der Waals surface area (Å²) >= 11 is 13.7. The molecule has 0 atom stereocenters. The number of nitrogens with zero attached hydrogens (tertiary/aromatic N) is 1. The zero-order valence-electron chi connectivity index (χ0n) is 17.1. The molecule has 0 spiro atoms. The molecule has 1 N–H and O–H groups in total. The lowest BCUT2D eigenvalue weighted by Crippen LogP contribution is -2.43. The highest BCUT2D eigenvalue weighted by atomic mass is 35.5. The van der Waals surface area contributed by atoms with Gasteiger partial charge >= 0.3 is 0 Å². The van der Waals surface area contributed by atoms with Gasteiger partial charge in [0, 0.05) is 47.1 Å². The predicted molar refractivity (Wildman–Crippen MR) is 129 cm³/mol. The molecule has 0 unspecified atom stereocenters. The average Bonchev–Trinajstić information content (AvgIpc) is 2.73. The Morgan fingerprint density at radius 1 is 1.03 bits per heavy atom. The fraction of sp³-hybridized carbons (Fsp3) is 0.409. The van der Waals surface area contributed by atoms with E-state index in [1.54, 1.807) is 36.0 Å². The number of carbonyl (C=O) groups is 1. The van der Waals surface area contributed by atoms with Gasteiger partial charge in [-0.25, -0.2) is 12.7 Å². The van der Waals surface area contributed by atoms with Crippen molar-refractivity contribution in [2.75, 3.05) is 25.4 Å². The molecular formula is C22H26Cl2N2O3S2. The number of thioether (sulfide) groups is 1. The number of sulfonamides is 1. The summed E-state index contributed by atoms with van der Waals surface area (Å²) in [6.45, 7) is 1.33. The minimum Gasteiger partial charge on any atom is -0.355 e. The summed E-state index contributed by atoms with van der Waals surface area (Å²) in [6.07, 6.45) is 1.08. The maximum absolute atomic E-state index is 12.7. The van der Waals surface area contributed by atoms with Crippen molar-refractivity contribution in [3.63, 3.8) is 0 Å². The fourth-order valence-electron chi connectivity index (χ4n) is 3.53. The van der Waals surface area contributed by atoms with Crippen molar-refractivity contribution in [1.82, 2.24) is 9.62 Å². The van der Waals surface area contributed by atoms with Crippen LogP contribution in [-0.4, -0.2) is 44.0 Å². The van der Waals surface area contributed by atoms with E-state index in [1.807, 2.05) is 24.3 Å². The molecule has 0 bridgehead atoms. The SMILES string of the molecule is O=C(NCCSCc1cccc(Cl)c1)C1CCN(S(=O)(=O)Cc2cccc(Cl)c2)CC1. The van der Waals surface area contributed by atoms with Crippen molar-refractivity contribution in [3.8, 4) is 0 Å². The van der Waals surface area contributed by atoms with E-state index in [2.05, 4.69) is 5.32 Å². The molecular weight excluding hydrogens is 475 g/mol. The monoisotopic (exact) mass is 500 g/mol. The maximum atomic E-state index is 12.7. The molecule has 1 fully saturated rings. The van der Waals surface area contributed by atoms with E-state index in [4.69, 9.17) is 23.2 Å². The Bertz CT molecular complexity index is 994. The molecule has 1 saturated heterocycles. The summed E-state index contributed by atoms with van der Waals surface area (Å²) in [7, 11) is -3.43. The Hall–Kier alpha value is -1.25. The molecule has 1 aliphatic rings. The number of nitrogens with one attached hydrogen (secondary N) is 1. The zero-order chi connectivity index (χ0) is 22.3. The van der Waals surface area contributed by atoms with E-state index in [-0.39, 0.29) is 17.6 Å². The first-order valence-electron chi connectivity index (χ1n) is 10.2. The van der Waals surface area contributed by atoms with E-state index in [0.717, 1.165) is 22.1 Å². The van der Waals surface area contributed by atoms with Crippen LogP contribution in [0.5, 0.6) is 0 Å². The van der Waals surface area contributed by atoms with Gasteiger partial charge in [0.2, 0.25) is 15.9 Å². The van der Waals surface area contributed by atoms with Crippen molar-refractivity contribution >= 4 is 50.9 Å². The largest absolute Gasteiger partial charge is 0.355 e. The van der Waals surface area contributed by atoms with Gasteiger partial charge in [-0.05, 0) is 48.2 Å². The standard InChI is InChI=1S/C22H26Cl2N2O3S2/c23-20-5-1-3-17(13-20)15-30-12-9-25-22(27)19-7-10-26(11-8-19)31(28,29)16-18-4-2-6-21(24)14-18/h1-6,13-14,19H,7-12,15-16H2,(H,25,27). The molecule has 1 heterocycles. The number of benzene rings is 2. The summed E-state index contributed by atoms with van der Waals surface area (Å²) in [5.74, 6) is 1.45. The third-order valence-corrected chi connectivity index (χ3v) is 8.51. The molecule has 3 rings (SSSR count). The van der Waals surface area contributed by atoms with Crippen molar-refractivity contribution in [2.45, 2.75) is 24.3 Å². The van der Waals surface area contributed by atoms with Crippen molar-refractivity contribution in [2.24, 2.45) is 5.92 Å². The maximum Gasteiger partial charge on any atom is 0.223 e. The Labute approximate surface area is 198 Å². The molecule has 5 nitrogen and oxygen atoms in total. The Kier molecular flexibility index (Phi) is 9.10. The van der Waals surface area contributed by atoms with Gasteiger partial charge in [0.15, 0.2) is 0 Å². The van der Waals surface area contributed by atoms with Crippen LogP contribution >= 0.6 is 35.0 Å². The van der Waals surface area contributed by atoms with Crippen LogP contribution < -0.4 is 5.32 Å². The van der Waals surface area contributed by atoms with E-state index < -0.39 is 10.0 Å². The molecule has 1 aliphatic heterocycles. The first kappa shape index (κ1) is 24.4. The summed E-state index contributed by atoms with van der Waals surface area (Å²) in [5.41, 5.74) is 1.83. The molecule has 9 heteroatoms. The first-order valence-corrected chi connectivity index (χ1v) is 13.7. The van der Waals surface area contributed by atoms with Crippen LogP contribution in [0.4, 0.5) is 0 Å². The normalized spacial score (nSPS) is 15.7. The van der Waals surface area contributed by atoms with E-state index in [0.29, 0.717) is 43.1 Å². The van der Waals surface area contributed by atoms with Gasteiger partial charge in [0.1, 0.15) is 0 Å². The van der Waals surface area contributed by atoms with E-state index in [9.17, 15) is 13.2 Å². The van der Waals surface area contributed by atoms with Crippen LogP contribution in [0, 0.1) is 5.92 Å². The number of hydrogen-bond donors (Lipinski definition) is 1. The predicted octanol–water partition coefficient (Wildman–Crippen LogP) is 4.58. The highest BCUT2D eigenvalue weighted by Gasteiger charge is 2.31. The molecule has 0 aliphatic carbocycles. The summed E-state index contributed by atoms with van der Waals surface area (Å²) in [5, 5.41) is 4.23. The van der Waals surface area contributed by atoms with Gasteiger partial charge in [-0.3, -0.25) is 4.79 Å². The third kappa shape index (κ3) is 7.68. The summed E-state index contributed by atoms with van der Waals surface area (Å²) in [6, 6.07) is 14.7. The van der Waals surface area contributed by atoms with Crippen LogP contribution in [0.15, 0.2) is 48.5 Å². The van der Waals surface area contributed by atoms with Gasteiger partial charge in [0.25, 0.3) is 0 Å². The second-order valence-corrected chi connectivity index (χ2v) is 11.5. The van der Waals surface area contributed by atoms with Crippen molar-refractivity contribution in [3.05, 3.63) is 69.7 Å². The fourth-order valence-corrected chi connectivity index (χ4v) is 6.31. The van der Waals surface area contributed by atoms with Crippen LogP contribution in [0.25, 0.3) is 0 Å². The first-order chi connectivity index (χ1) is 14.8. The topological polar surface area (TPSA) is 66.5 Å². The van der Waals surface area contributed by atoms with Gasteiger partial charge in [0.05, 0.1) is 5.75 Å². The lowest BCUT2D eigenvalue weighted by atomic mass is 9.97. The van der Waals surface area contributed by atoms with Crippen LogP contribution in [0.3, 0.4) is 0 Å².